The molecule has 0 aliphatic carbocycles. The van der Waals surface area contributed by atoms with Crippen LogP contribution in [0.2, 0.25) is 0 Å². The average Bonchev–Trinajstić information content (AvgIpc) is 2.03. The first-order valence-corrected chi connectivity index (χ1v) is 4.26. The van der Waals surface area contributed by atoms with Gasteiger partial charge in [0.2, 0.25) is 0 Å². The molecule has 0 aliphatic rings. The number of benzene rings is 1. The Kier molecular flexibility index (Phi) is 8.56. The second-order valence-corrected chi connectivity index (χ2v) is 3.81. The Labute approximate surface area is 118 Å². The van der Waals surface area contributed by atoms with Crippen LogP contribution in [-0.2, 0) is 0 Å². The van der Waals surface area contributed by atoms with Gasteiger partial charge in [-0.2, -0.15) is 0 Å². The largest absolute Gasteiger partial charge is 2.00 e. The normalized spacial score (nSPS) is 9.60. The third-order valence-corrected chi connectivity index (χ3v) is 1.41. The molecule has 4 heteroatoms. The monoisotopic (exact) mass is 282 g/mol. The second-order valence-electron chi connectivity index (χ2n) is 3.81. The summed E-state index contributed by atoms with van der Waals surface area (Å²) in [5, 5.41) is 0. The van der Waals surface area contributed by atoms with E-state index in [0.717, 1.165) is 11.5 Å². The fraction of sp³-hybridized carbons (Fsp3) is 0.455. The summed E-state index contributed by atoms with van der Waals surface area (Å²) in [6.07, 6.45) is 0. The van der Waals surface area contributed by atoms with E-state index < -0.39 is 0 Å². The summed E-state index contributed by atoms with van der Waals surface area (Å²) in [5.41, 5.74) is -0.176. The summed E-state index contributed by atoms with van der Waals surface area (Å²) in [6.45, 7) is 6.02. The van der Waals surface area contributed by atoms with E-state index in [4.69, 9.17) is 9.47 Å². The van der Waals surface area contributed by atoms with Crippen LogP contribution in [0.15, 0.2) is 18.2 Å². The molecule has 0 aliphatic heterocycles. The molecule has 2 nitrogen and oxygen atoms in total. The standard InChI is InChI=1S/C11H15O2.BrH.Mg/c1-11(2,3)13-10-7-5-9(12-4)6-8-10;;/h5-7H,1-4H3;1H;/q-1;;+2/p-1. The van der Waals surface area contributed by atoms with Gasteiger partial charge in [-0.3, -0.25) is 0 Å². The molecule has 0 unspecified atom stereocenters. The van der Waals surface area contributed by atoms with Crippen molar-refractivity contribution in [3.63, 3.8) is 0 Å². The maximum atomic E-state index is 5.59. The summed E-state index contributed by atoms with van der Waals surface area (Å²) in [4.78, 5) is 0. The van der Waals surface area contributed by atoms with E-state index in [9.17, 15) is 0 Å². The second kappa shape index (κ2) is 7.36. The van der Waals surface area contributed by atoms with Gasteiger partial charge in [0, 0.05) is 11.5 Å². The van der Waals surface area contributed by atoms with E-state index in [1.807, 2.05) is 32.9 Å². The maximum absolute atomic E-state index is 5.59. The van der Waals surface area contributed by atoms with Gasteiger partial charge >= 0.3 is 23.1 Å². The first kappa shape index (κ1) is 17.5. The first-order valence-electron chi connectivity index (χ1n) is 4.26. The maximum Gasteiger partial charge on any atom is 2.00 e. The predicted octanol–water partition coefficient (Wildman–Crippen LogP) is -0.704. The van der Waals surface area contributed by atoms with Crippen molar-refractivity contribution >= 4 is 23.1 Å². The van der Waals surface area contributed by atoms with Crippen molar-refractivity contribution in [2.45, 2.75) is 26.4 Å². The molecule has 0 bridgehead atoms. The zero-order valence-electron chi connectivity index (χ0n) is 9.63. The minimum Gasteiger partial charge on any atom is -1.00 e. The van der Waals surface area contributed by atoms with E-state index >= 15 is 0 Å². The molecule has 0 saturated heterocycles. The van der Waals surface area contributed by atoms with E-state index in [-0.39, 0.29) is 45.6 Å². The van der Waals surface area contributed by atoms with Crippen LogP contribution in [0, 0.1) is 6.07 Å². The molecule has 0 atom stereocenters. The van der Waals surface area contributed by atoms with Gasteiger partial charge in [-0.25, -0.2) is 0 Å². The minimum absolute atomic E-state index is 0. The SMILES string of the molecule is COc1c[c-]c(OC(C)(C)C)cc1.[Br-].[Mg+2]. The van der Waals surface area contributed by atoms with Crippen molar-refractivity contribution < 1.29 is 26.5 Å². The van der Waals surface area contributed by atoms with Gasteiger partial charge in [-0.05, 0) is 20.8 Å². The summed E-state index contributed by atoms with van der Waals surface area (Å²) < 4.78 is 10.6. The minimum atomic E-state index is -0.176. The molecule has 0 N–H and O–H groups in total. The van der Waals surface area contributed by atoms with Gasteiger partial charge in [-0.1, -0.05) is 0 Å². The van der Waals surface area contributed by atoms with E-state index in [0.29, 0.717) is 0 Å². The van der Waals surface area contributed by atoms with Gasteiger partial charge in [0.05, 0.1) is 12.7 Å². The molecule has 0 saturated carbocycles. The van der Waals surface area contributed by atoms with Crippen LogP contribution >= 0.6 is 0 Å². The van der Waals surface area contributed by atoms with Crippen molar-refractivity contribution in [3.8, 4) is 11.5 Å². The number of hydrogen-bond donors (Lipinski definition) is 0. The Morgan fingerprint density at radius 3 is 2.13 bits per heavy atom. The van der Waals surface area contributed by atoms with E-state index in [2.05, 4.69) is 6.07 Å². The predicted molar refractivity (Wildman–Crippen MR) is 58.0 cm³/mol. The van der Waals surface area contributed by atoms with Crippen LogP contribution in [0.3, 0.4) is 0 Å². The zero-order valence-corrected chi connectivity index (χ0v) is 12.6. The van der Waals surface area contributed by atoms with Crippen LogP contribution in [-0.4, -0.2) is 35.8 Å². The van der Waals surface area contributed by atoms with Gasteiger partial charge in [0.1, 0.15) is 0 Å². The Morgan fingerprint density at radius 2 is 1.80 bits per heavy atom. The molecule has 0 radical (unpaired) electrons. The molecular weight excluding hydrogens is 268 g/mol. The molecule has 80 valence electrons. The molecule has 15 heavy (non-hydrogen) atoms. The van der Waals surface area contributed by atoms with Gasteiger partial charge in [0.25, 0.3) is 0 Å². The Hall–Kier alpha value is 0.0662. The molecule has 0 heterocycles. The summed E-state index contributed by atoms with van der Waals surface area (Å²) in [7, 11) is 1.63. The Morgan fingerprint density at radius 1 is 1.20 bits per heavy atom. The molecule has 0 fully saturated rings. The van der Waals surface area contributed by atoms with Crippen LogP contribution in [0.5, 0.6) is 11.5 Å². The van der Waals surface area contributed by atoms with Crippen molar-refractivity contribution in [1.29, 1.82) is 0 Å². The fourth-order valence-electron chi connectivity index (χ4n) is 0.917. The van der Waals surface area contributed by atoms with Crippen molar-refractivity contribution in [2.75, 3.05) is 7.11 Å². The smallest absolute Gasteiger partial charge is 1.00 e. The van der Waals surface area contributed by atoms with Gasteiger partial charge < -0.3 is 26.5 Å². The number of halogens is 1. The molecule has 0 spiro atoms. The van der Waals surface area contributed by atoms with E-state index in [1.165, 1.54) is 0 Å². The van der Waals surface area contributed by atoms with Crippen LogP contribution < -0.4 is 26.5 Å². The number of ether oxygens (including phenoxy) is 2. The zero-order chi connectivity index (χ0) is 9.90. The fourth-order valence-corrected chi connectivity index (χ4v) is 0.917. The third-order valence-electron chi connectivity index (χ3n) is 1.41. The van der Waals surface area contributed by atoms with E-state index in [1.54, 1.807) is 13.2 Å². The number of rotatable bonds is 2. The van der Waals surface area contributed by atoms with Crippen LogP contribution in [0.1, 0.15) is 20.8 Å². The quantitative estimate of drug-likeness (QED) is 0.528. The summed E-state index contributed by atoms with van der Waals surface area (Å²) in [5.74, 6) is 1.54. The first-order chi connectivity index (χ1) is 6.01. The number of hydrogen-bond acceptors (Lipinski definition) is 2. The summed E-state index contributed by atoms with van der Waals surface area (Å²) >= 11 is 0. The third kappa shape index (κ3) is 7.03. The van der Waals surface area contributed by atoms with Crippen LogP contribution in [0.25, 0.3) is 0 Å². The van der Waals surface area contributed by atoms with Crippen molar-refractivity contribution in [3.05, 3.63) is 24.3 Å². The van der Waals surface area contributed by atoms with Crippen molar-refractivity contribution in [1.82, 2.24) is 0 Å². The molecule has 0 aromatic heterocycles. The van der Waals surface area contributed by atoms with Gasteiger partial charge in [-0.15, -0.1) is 24.3 Å². The molecular formula is C11H15BrMgO2. The summed E-state index contributed by atoms with van der Waals surface area (Å²) in [6, 6.07) is 8.47. The van der Waals surface area contributed by atoms with Gasteiger partial charge in [0.15, 0.2) is 0 Å². The number of methoxy groups -OCH3 is 1. The molecule has 1 aromatic carbocycles. The average molecular weight is 283 g/mol. The van der Waals surface area contributed by atoms with Crippen LogP contribution in [0.4, 0.5) is 0 Å². The Bertz CT molecular complexity index is 267. The molecule has 0 amide bonds. The molecule has 1 rings (SSSR count). The van der Waals surface area contributed by atoms with Crippen molar-refractivity contribution in [2.24, 2.45) is 0 Å². The Balaban J connectivity index is 0. The topological polar surface area (TPSA) is 18.5 Å². The molecule has 1 aromatic rings.